The topological polar surface area (TPSA) is 135 Å². The van der Waals surface area contributed by atoms with Crippen molar-refractivity contribution in [1.82, 2.24) is 4.98 Å². The lowest BCUT2D eigenvalue weighted by Gasteiger charge is -2.10. The summed E-state index contributed by atoms with van der Waals surface area (Å²) < 4.78 is 5.21. The van der Waals surface area contributed by atoms with Crippen molar-refractivity contribution in [1.29, 1.82) is 5.26 Å². The molecule has 0 saturated carbocycles. The normalized spacial score (nSPS) is 10.4. The lowest BCUT2D eigenvalue weighted by atomic mass is 10.1. The fraction of sp³-hybridized carbons (Fsp3) is 0.0435. The minimum atomic E-state index is -0.703. The van der Waals surface area contributed by atoms with E-state index in [1.54, 1.807) is 30.3 Å². The highest BCUT2D eigenvalue weighted by Gasteiger charge is 2.18. The molecule has 2 aromatic heterocycles. The number of fused-ring (bicyclic) bond motifs is 1. The first-order chi connectivity index (χ1) is 16.0. The fourth-order valence-corrected chi connectivity index (χ4v) is 3.82. The third-order valence-corrected chi connectivity index (χ3v) is 5.54. The van der Waals surface area contributed by atoms with Crippen LogP contribution in [0.25, 0.3) is 21.5 Å². The summed E-state index contributed by atoms with van der Waals surface area (Å²) in [6, 6.07) is 17.8. The molecule has 4 rings (SSSR count). The van der Waals surface area contributed by atoms with Crippen LogP contribution >= 0.6 is 11.3 Å². The van der Waals surface area contributed by atoms with Crippen molar-refractivity contribution in [2.45, 2.75) is 0 Å². The van der Waals surface area contributed by atoms with Crippen LogP contribution in [-0.2, 0) is 9.53 Å². The third kappa shape index (κ3) is 4.68. The zero-order valence-corrected chi connectivity index (χ0v) is 17.7. The number of aromatic nitrogens is 1. The van der Waals surface area contributed by atoms with Gasteiger partial charge in [-0.2, -0.15) is 5.26 Å². The molecule has 0 unspecified atom stereocenters. The Morgan fingerprint density at radius 1 is 1.15 bits per heavy atom. The van der Waals surface area contributed by atoms with Gasteiger partial charge in [0.2, 0.25) is 0 Å². The summed E-state index contributed by atoms with van der Waals surface area (Å²) in [6.07, 6.45) is 0. The SMILES string of the molecule is N#Cc1cc([N+](=O)[O-])ccc1NC(=O)COC(=O)c1cc(-c2cccs2)nc2ccccc12. The second-order valence-corrected chi connectivity index (χ2v) is 7.72. The van der Waals surface area contributed by atoms with Crippen LogP contribution < -0.4 is 5.32 Å². The molecule has 9 nitrogen and oxygen atoms in total. The highest BCUT2D eigenvalue weighted by molar-refractivity contribution is 7.13. The standard InChI is InChI=1S/C23H14N4O5S/c24-12-14-10-15(27(30)31)7-8-18(14)26-22(28)13-32-23(29)17-11-20(21-6-3-9-33-21)25-19-5-2-1-4-16(17)19/h1-11H,13H2,(H,26,28). The van der Waals surface area contributed by atoms with E-state index in [9.17, 15) is 25.0 Å². The van der Waals surface area contributed by atoms with Crippen LogP contribution in [-0.4, -0.2) is 28.4 Å². The number of carbonyl (C=O) groups excluding carboxylic acids is 2. The molecule has 0 aliphatic heterocycles. The van der Waals surface area contributed by atoms with Gasteiger partial charge < -0.3 is 10.1 Å². The first-order valence-corrected chi connectivity index (χ1v) is 10.4. The van der Waals surface area contributed by atoms with Gasteiger partial charge in [-0.1, -0.05) is 24.3 Å². The first-order valence-electron chi connectivity index (χ1n) is 9.55. The summed E-state index contributed by atoms with van der Waals surface area (Å²) in [6.45, 7) is -0.605. The number of nitrogens with one attached hydrogen (secondary N) is 1. The van der Waals surface area contributed by atoms with Crippen molar-refractivity contribution in [3.63, 3.8) is 0 Å². The van der Waals surface area contributed by atoms with Crippen molar-refractivity contribution in [3.8, 4) is 16.6 Å². The number of non-ortho nitro benzene ring substituents is 1. The Morgan fingerprint density at radius 2 is 1.97 bits per heavy atom. The molecular formula is C23H14N4O5S. The average molecular weight is 458 g/mol. The maximum atomic E-state index is 12.8. The van der Waals surface area contributed by atoms with E-state index in [-0.39, 0.29) is 22.5 Å². The average Bonchev–Trinajstić information content (AvgIpc) is 3.37. The van der Waals surface area contributed by atoms with E-state index < -0.39 is 23.4 Å². The van der Waals surface area contributed by atoms with Gasteiger partial charge in [-0.05, 0) is 29.6 Å². The molecule has 0 atom stereocenters. The zero-order chi connectivity index (χ0) is 23.4. The minimum Gasteiger partial charge on any atom is -0.452 e. The largest absolute Gasteiger partial charge is 0.452 e. The number of anilines is 1. The monoisotopic (exact) mass is 458 g/mol. The van der Waals surface area contributed by atoms with E-state index in [1.807, 2.05) is 23.6 Å². The molecule has 0 aliphatic carbocycles. The molecule has 1 N–H and O–H groups in total. The molecule has 0 spiro atoms. The summed E-state index contributed by atoms with van der Waals surface area (Å²) in [7, 11) is 0. The van der Waals surface area contributed by atoms with Gasteiger partial charge in [0.05, 0.1) is 37.8 Å². The number of hydrogen-bond acceptors (Lipinski definition) is 8. The summed E-state index contributed by atoms with van der Waals surface area (Å²) >= 11 is 1.48. The quantitative estimate of drug-likeness (QED) is 0.254. The van der Waals surface area contributed by atoms with Gasteiger partial charge in [-0.3, -0.25) is 14.9 Å². The lowest BCUT2D eigenvalue weighted by Crippen LogP contribution is -2.21. The minimum absolute atomic E-state index is 0.0791. The van der Waals surface area contributed by atoms with Crippen LogP contribution in [0, 0.1) is 21.4 Å². The van der Waals surface area contributed by atoms with Crippen LogP contribution in [0.2, 0.25) is 0 Å². The van der Waals surface area contributed by atoms with E-state index in [0.29, 0.717) is 16.6 Å². The Balaban J connectivity index is 1.52. The highest BCUT2D eigenvalue weighted by atomic mass is 32.1. The number of amides is 1. The van der Waals surface area contributed by atoms with Crippen LogP contribution in [0.5, 0.6) is 0 Å². The van der Waals surface area contributed by atoms with Crippen LogP contribution in [0.1, 0.15) is 15.9 Å². The predicted octanol–water partition coefficient (Wildman–Crippen LogP) is 4.54. The van der Waals surface area contributed by atoms with Crippen LogP contribution in [0.3, 0.4) is 0 Å². The maximum absolute atomic E-state index is 12.8. The number of rotatable bonds is 6. The summed E-state index contributed by atoms with van der Waals surface area (Å²) in [4.78, 5) is 40.8. The molecule has 33 heavy (non-hydrogen) atoms. The van der Waals surface area contributed by atoms with Crippen LogP contribution in [0.4, 0.5) is 11.4 Å². The van der Waals surface area contributed by atoms with E-state index in [2.05, 4.69) is 10.3 Å². The number of benzene rings is 2. The number of nitrogens with zero attached hydrogens (tertiary/aromatic N) is 3. The molecule has 4 aromatic rings. The van der Waals surface area contributed by atoms with Gasteiger partial charge in [0.25, 0.3) is 11.6 Å². The number of pyridine rings is 1. The van der Waals surface area contributed by atoms with Gasteiger partial charge in [0, 0.05) is 17.5 Å². The molecular weight excluding hydrogens is 444 g/mol. The van der Waals surface area contributed by atoms with Crippen molar-refractivity contribution < 1.29 is 19.2 Å². The second-order valence-electron chi connectivity index (χ2n) is 6.77. The number of para-hydroxylation sites is 1. The van der Waals surface area contributed by atoms with Gasteiger partial charge in [0.1, 0.15) is 6.07 Å². The van der Waals surface area contributed by atoms with Crippen molar-refractivity contribution in [2.75, 3.05) is 11.9 Å². The third-order valence-electron chi connectivity index (χ3n) is 4.65. The molecule has 2 heterocycles. The van der Waals surface area contributed by atoms with E-state index >= 15 is 0 Å². The number of esters is 1. The first kappa shape index (κ1) is 21.6. The molecule has 162 valence electrons. The summed E-state index contributed by atoms with van der Waals surface area (Å²) in [5.74, 6) is -1.39. The maximum Gasteiger partial charge on any atom is 0.339 e. The number of hydrogen-bond donors (Lipinski definition) is 1. The van der Waals surface area contributed by atoms with E-state index in [0.717, 1.165) is 17.0 Å². The zero-order valence-electron chi connectivity index (χ0n) is 16.8. The highest BCUT2D eigenvalue weighted by Crippen LogP contribution is 2.28. The van der Waals surface area contributed by atoms with Crippen molar-refractivity contribution in [3.05, 3.63) is 87.3 Å². The smallest absolute Gasteiger partial charge is 0.339 e. The second kappa shape index (κ2) is 9.25. The summed E-state index contributed by atoms with van der Waals surface area (Å²) in [5.41, 5.74) is 1.23. The Labute approximate surface area is 191 Å². The molecule has 0 saturated heterocycles. The predicted molar refractivity (Wildman–Crippen MR) is 122 cm³/mol. The Hall–Kier alpha value is -4.62. The number of nitro groups is 1. The summed E-state index contributed by atoms with van der Waals surface area (Å²) in [5, 5.41) is 25.0. The molecule has 0 bridgehead atoms. The molecule has 0 radical (unpaired) electrons. The number of thiophene rings is 1. The fourth-order valence-electron chi connectivity index (χ4n) is 3.14. The molecule has 2 aromatic carbocycles. The number of nitriles is 1. The van der Waals surface area contributed by atoms with Crippen LogP contribution in [0.15, 0.2) is 66.0 Å². The Morgan fingerprint density at radius 3 is 2.70 bits per heavy atom. The molecule has 10 heteroatoms. The lowest BCUT2D eigenvalue weighted by molar-refractivity contribution is -0.384. The molecule has 1 amide bonds. The Bertz CT molecular complexity index is 1430. The van der Waals surface area contributed by atoms with Gasteiger partial charge >= 0.3 is 5.97 Å². The van der Waals surface area contributed by atoms with E-state index in [1.165, 1.54) is 17.4 Å². The van der Waals surface area contributed by atoms with Crippen molar-refractivity contribution in [2.24, 2.45) is 0 Å². The van der Waals surface area contributed by atoms with E-state index in [4.69, 9.17) is 4.74 Å². The number of nitro benzene ring substituents is 1. The molecule has 0 fully saturated rings. The number of carbonyl (C=O) groups is 2. The Kier molecular flexibility index (Phi) is 6.06. The number of ether oxygens (including phenoxy) is 1. The van der Waals surface area contributed by atoms with Gasteiger partial charge in [-0.25, -0.2) is 9.78 Å². The van der Waals surface area contributed by atoms with Crippen molar-refractivity contribution >= 4 is 45.5 Å². The van der Waals surface area contributed by atoms with Gasteiger partial charge in [0.15, 0.2) is 6.61 Å². The van der Waals surface area contributed by atoms with Gasteiger partial charge in [-0.15, -0.1) is 11.3 Å². The molecule has 0 aliphatic rings.